The normalized spacial score (nSPS) is 17.8. The smallest absolute Gasteiger partial charge is 0.251 e. The summed E-state index contributed by atoms with van der Waals surface area (Å²) in [6.07, 6.45) is 2.08. The lowest BCUT2D eigenvalue weighted by Crippen LogP contribution is -2.48. The Morgan fingerprint density at radius 2 is 1.92 bits per heavy atom. The second-order valence-electron chi connectivity index (χ2n) is 8.93. The number of alkyl halides is 1. The first-order valence-electron chi connectivity index (χ1n) is 9.55. The minimum Gasteiger partial charge on any atom is -0.378 e. The van der Waals surface area contributed by atoms with Gasteiger partial charge in [0.25, 0.3) is 5.91 Å². The molecule has 1 fully saturated rings. The van der Waals surface area contributed by atoms with Crippen LogP contribution in [-0.2, 0) is 0 Å². The molecule has 1 saturated heterocycles. The Morgan fingerprint density at radius 3 is 2.50 bits per heavy atom. The van der Waals surface area contributed by atoms with E-state index in [1.54, 1.807) is 6.07 Å². The molecule has 0 bridgehead atoms. The highest BCUT2D eigenvalue weighted by atomic mass is 19.1. The van der Waals surface area contributed by atoms with Gasteiger partial charge in [0.2, 0.25) is 0 Å². The summed E-state index contributed by atoms with van der Waals surface area (Å²) in [6, 6.07) is 7.39. The van der Waals surface area contributed by atoms with Crippen LogP contribution in [0.4, 0.5) is 10.1 Å². The van der Waals surface area contributed by atoms with Crippen molar-refractivity contribution in [3.05, 3.63) is 29.8 Å². The van der Waals surface area contributed by atoms with Crippen LogP contribution in [0, 0.1) is 5.41 Å². The largest absolute Gasteiger partial charge is 0.378 e. The van der Waals surface area contributed by atoms with Crippen LogP contribution in [-0.4, -0.2) is 56.8 Å². The molecule has 146 valence electrons. The quantitative estimate of drug-likeness (QED) is 0.837. The Bertz CT molecular complexity index is 602. The fourth-order valence-corrected chi connectivity index (χ4v) is 3.11. The van der Waals surface area contributed by atoms with Crippen LogP contribution >= 0.6 is 0 Å². The van der Waals surface area contributed by atoms with Crippen molar-refractivity contribution in [1.82, 2.24) is 10.2 Å². The average molecular weight is 364 g/mol. The van der Waals surface area contributed by atoms with Gasteiger partial charge in [-0.1, -0.05) is 26.8 Å². The summed E-state index contributed by atoms with van der Waals surface area (Å²) in [5, 5.41) is 2.80. The highest BCUT2D eigenvalue weighted by Crippen LogP contribution is 2.27. The summed E-state index contributed by atoms with van der Waals surface area (Å²) < 4.78 is 15.1. The average Bonchev–Trinajstić information content (AvgIpc) is 2.59. The van der Waals surface area contributed by atoms with Gasteiger partial charge in [0.15, 0.2) is 0 Å². The van der Waals surface area contributed by atoms with Gasteiger partial charge in [-0.05, 0) is 49.4 Å². The molecule has 0 radical (unpaired) electrons. The second-order valence-corrected chi connectivity index (χ2v) is 8.93. The van der Waals surface area contributed by atoms with Gasteiger partial charge in [-0.2, -0.15) is 0 Å². The second kappa shape index (κ2) is 8.38. The van der Waals surface area contributed by atoms with E-state index in [4.69, 9.17) is 0 Å². The lowest BCUT2D eigenvalue weighted by molar-refractivity contribution is 0.0508. The van der Waals surface area contributed by atoms with E-state index >= 15 is 4.39 Å². The predicted octanol–water partition coefficient (Wildman–Crippen LogP) is 3.72. The van der Waals surface area contributed by atoms with Crippen LogP contribution < -0.4 is 10.2 Å². The molecule has 0 atom stereocenters. The number of anilines is 1. The molecule has 1 amide bonds. The maximum atomic E-state index is 15.1. The van der Waals surface area contributed by atoms with Gasteiger partial charge in [-0.25, -0.2) is 4.39 Å². The molecule has 1 aliphatic rings. The molecule has 5 heteroatoms. The van der Waals surface area contributed by atoms with E-state index in [0.717, 1.165) is 31.7 Å². The van der Waals surface area contributed by atoms with E-state index in [2.05, 4.69) is 31.0 Å². The first-order chi connectivity index (χ1) is 12.1. The third-order valence-corrected chi connectivity index (χ3v) is 5.12. The number of benzene rings is 1. The number of amides is 1. The van der Waals surface area contributed by atoms with Gasteiger partial charge >= 0.3 is 0 Å². The van der Waals surface area contributed by atoms with Crippen LogP contribution in [0.15, 0.2) is 24.3 Å². The van der Waals surface area contributed by atoms with E-state index in [1.165, 1.54) is 0 Å². The number of rotatable bonds is 6. The Hall–Kier alpha value is -1.62. The number of likely N-dealkylation sites (tertiary alicyclic amines) is 1. The van der Waals surface area contributed by atoms with E-state index < -0.39 is 5.67 Å². The molecule has 1 aromatic rings. The molecular formula is C21H34FN3O. The lowest BCUT2D eigenvalue weighted by Gasteiger charge is -2.37. The van der Waals surface area contributed by atoms with Crippen molar-refractivity contribution in [1.29, 1.82) is 0 Å². The molecule has 1 aromatic carbocycles. The number of carbonyl (C=O) groups excluding carboxylic acids is 1. The fourth-order valence-electron chi connectivity index (χ4n) is 3.11. The summed E-state index contributed by atoms with van der Waals surface area (Å²) in [5.41, 5.74) is 0.536. The Morgan fingerprint density at radius 1 is 1.27 bits per heavy atom. The monoisotopic (exact) mass is 363 g/mol. The van der Waals surface area contributed by atoms with Crippen molar-refractivity contribution in [2.24, 2.45) is 5.41 Å². The van der Waals surface area contributed by atoms with Gasteiger partial charge < -0.3 is 15.1 Å². The Kier molecular flexibility index (Phi) is 6.67. The maximum Gasteiger partial charge on any atom is 0.251 e. The van der Waals surface area contributed by atoms with Gasteiger partial charge in [-0.3, -0.25) is 4.79 Å². The first-order valence-corrected chi connectivity index (χ1v) is 9.55. The van der Waals surface area contributed by atoms with Crippen molar-refractivity contribution in [2.75, 3.05) is 45.2 Å². The predicted molar refractivity (Wildman–Crippen MR) is 107 cm³/mol. The molecule has 0 aliphatic carbocycles. The van der Waals surface area contributed by atoms with Crippen molar-refractivity contribution in [3.8, 4) is 0 Å². The fraction of sp³-hybridized carbons (Fsp3) is 0.667. The third-order valence-electron chi connectivity index (χ3n) is 5.12. The van der Waals surface area contributed by atoms with Crippen molar-refractivity contribution >= 4 is 11.6 Å². The molecular weight excluding hydrogens is 329 g/mol. The van der Waals surface area contributed by atoms with Crippen LogP contribution in [0.3, 0.4) is 0 Å². The highest BCUT2D eigenvalue weighted by Gasteiger charge is 2.35. The molecule has 0 spiro atoms. The van der Waals surface area contributed by atoms with Gasteiger partial charge in [0, 0.05) is 38.4 Å². The van der Waals surface area contributed by atoms with Crippen LogP contribution in [0.2, 0.25) is 0 Å². The highest BCUT2D eigenvalue weighted by molar-refractivity contribution is 5.95. The van der Waals surface area contributed by atoms with Crippen LogP contribution in [0.1, 0.15) is 50.4 Å². The molecule has 26 heavy (non-hydrogen) atoms. The van der Waals surface area contributed by atoms with Crippen LogP contribution in [0.25, 0.3) is 0 Å². The molecule has 1 heterocycles. The molecule has 0 saturated carbocycles. The van der Waals surface area contributed by atoms with E-state index in [9.17, 15) is 4.79 Å². The number of hydrogen-bond donors (Lipinski definition) is 1. The Labute approximate surface area is 157 Å². The summed E-state index contributed by atoms with van der Waals surface area (Å²) in [4.78, 5) is 16.7. The standard InChI is InChI=1S/C21H34FN3O/c1-20(2,3)9-12-25-13-10-21(22,11-14-25)16-23-19(26)17-7-6-8-18(15-17)24(4)5/h6-8,15H,9-14,16H2,1-5H3,(H,23,26). The van der Waals surface area contributed by atoms with E-state index in [-0.39, 0.29) is 12.5 Å². The summed E-state index contributed by atoms with van der Waals surface area (Å²) in [6.45, 7) is 9.33. The zero-order chi connectivity index (χ0) is 19.4. The number of halogens is 1. The summed E-state index contributed by atoms with van der Waals surface area (Å²) in [7, 11) is 3.86. The molecule has 4 nitrogen and oxygen atoms in total. The number of piperidine rings is 1. The number of hydrogen-bond acceptors (Lipinski definition) is 3. The molecule has 1 aliphatic heterocycles. The van der Waals surface area contributed by atoms with Crippen molar-refractivity contribution < 1.29 is 9.18 Å². The number of nitrogens with zero attached hydrogens (tertiary/aromatic N) is 2. The minimum absolute atomic E-state index is 0.0884. The number of carbonyl (C=O) groups is 1. The summed E-state index contributed by atoms with van der Waals surface area (Å²) in [5.74, 6) is -0.208. The molecule has 0 unspecified atom stereocenters. The summed E-state index contributed by atoms with van der Waals surface area (Å²) >= 11 is 0. The van der Waals surface area contributed by atoms with Gasteiger partial charge in [0.05, 0.1) is 6.54 Å². The van der Waals surface area contributed by atoms with E-state index in [1.807, 2.05) is 37.2 Å². The lowest BCUT2D eigenvalue weighted by atomic mass is 9.90. The molecule has 1 N–H and O–H groups in total. The van der Waals surface area contributed by atoms with Crippen LogP contribution in [0.5, 0.6) is 0 Å². The molecule has 0 aromatic heterocycles. The first kappa shape index (κ1) is 20.7. The third kappa shape index (κ3) is 6.27. The minimum atomic E-state index is -1.30. The zero-order valence-electron chi connectivity index (χ0n) is 16.9. The molecule has 2 rings (SSSR count). The SMILES string of the molecule is CN(C)c1cccc(C(=O)NCC2(F)CCN(CCC(C)(C)C)CC2)c1. The zero-order valence-corrected chi connectivity index (χ0v) is 16.9. The van der Waals surface area contributed by atoms with Gasteiger partial charge in [-0.15, -0.1) is 0 Å². The van der Waals surface area contributed by atoms with E-state index in [0.29, 0.717) is 23.8 Å². The van der Waals surface area contributed by atoms with Crippen molar-refractivity contribution in [2.45, 2.75) is 45.7 Å². The Balaban J connectivity index is 1.82. The van der Waals surface area contributed by atoms with Gasteiger partial charge in [0.1, 0.15) is 5.67 Å². The number of nitrogens with one attached hydrogen (secondary N) is 1. The van der Waals surface area contributed by atoms with Crippen molar-refractivity contribution in [3.63, 3.8) is 0 Å². The topological polar surface area (TPSA) is 35.6 Å². The maximum absolute atomic E-state index is 15.1.